The van der Waals surface area contributed by atoms with Crippen molar-refractivity contribution in [2.24, 2.45) is 0 Å². The zero-order valence-electron chi connectivity index (χ0n) is 8.62. The molecule has 0 radical (unpaired) electrons. The van der Waals surface area contributed by atoms with Crippen LogP contribution in [0, 0.1) is 0 Å². The molecule has 5 heteroatoms. The lowest BCUT2D eigenvalue weighted by molar-refractivity contribution is 0.567. The van der Waals surface area contributed by atoms with E-state index in [9.17, 15) is 0 Å². The second kappa shape index (κ2) is 4.00. The minimum atomic E-state index is 0.587. The summed E-state index contributed by atoms with van der Waals surface area (Å²) in [6.45, 7) is 0. The summed E-state index contributed by atoms with van der Waals surface area (Å²) in [5, 5.41) is 8.01. The Labute approximate surface area is 87.5 Å². The first-order valence-corrected chi connectivity index (χ1v) is 4.55. The summed E-state index contributed by atoms with van der Waals surface area (Å²) >= 11 is 0. The van der Waals surface area contributed by atoms with Gasteiger partial charge in [0.25, 0.3) is 0 Å². The van der Waals surface area contributed by atoms with Crippen molar-refractivity contribution in [3.8, 4) is 0 Å². The van der Waals surface area contributed by atoms with Crippen molar-refractivity contribution in [1.82, 2.24) is 25.1 Å². The topological polar surface area (TPSA) is 54.8 Å². The van der Waals surface area contributed by atoms with E-state index in [2.05, 4.69) is 20.2 Å². The number of nitrogens with zero attached hydrogens (tertiary/aromatic N) is 5. The summed E-state index contributed by atoms with van der Waals surface area (Å²) in [4.78, 5) is 10.2. The fourth-order valence-electron chi connectivity index (χ4n) is 1.09. The standard InChI is InChI=1S/C10H11N5/c1-15(2)6-4-10-12-9-7-11-5-3-8(9)13-14-10/h3-7H,1-2H3. The fourth-order valence-corrected chi connectivity index (χ4v) is 1.09. The Morgan fingerprint density at radius 1 is 1.20 bits per heavy atom. The Kier molecular flexibility index (Phi) is 2.53. The average molecular weight is 201 g/mol. The fraction of sp³-hybridized carbons (Fsp3) is 0.200. The van der Waals surface area contributed by atoms with E-state index in [0.29, 0.717) is 5.82 Å². The highest BCUT2D eigenvalue weighted by molar-refractivity contribution is 5.72. The molecule has 5 nitrogen and oxygen atoms in total. The zero-order valence-corrected chi connectivity index (χ0v) is 8.62. The lowest BCUT2D eigenvalue weighted by Gasteiger charge is -2.02. The summed E-state index contributed by atoms with van der Waals surface area (Å²) in [6.07, 6.45) is 7.03. The van der Waals surface area contributed by atoms with Crippen LogP contribution in [0.3, 0.4) is 0 Å². The molecule has 0 N–H and O–H groups in total. The van der Waals surface area contributed by atoms with E-state index in [1.54, 1.807) is 24.5 Å². The van der Waals surface area contributed by atoms with Crippen molar-refractivity contribution in [2.75, 3.05) is 14.1 Å². The van der Waals surface area contributed by atoms with Crippen LogP contribution in [0.1, 0.15) is 5.82 Å². The van der Waals surface area contributed by atoms with E-state index in [1.165, 1.54) is 0 Å². The van der Waals surface area contributed by atoms with Gasteiger partial charge in [-0.25, -0.2) is 4.98 Å². The molecule has 0 aromatic carbocycles. The summed E-state index contributed by atoms with van der Waals surface area (Å²) in [7, 11) is 3.87. The first kappa shape index (κ1) is 9.51. The van der Waals surface area contributed by atoms with Crippen molar-refractivity contribution in [1.29, 1.82) is 0 Å². The van der Waals surface area contributed by atoms with Crippen LogP contribution in [0.25, 0.3) is 17.1 Å². The monoisotopic (exact) mass is 201 g/mol. The molecular weight excluding hydrogens is 190 g/mol. The van der Waals surface area contributed by atoms with Crippen molar-refractivity contribution in [3.63, 3.8) is 0 Å². The molecule has 2 heterocycles. The maximum absolute atomic E-state index is 4.30. The molecule has 0 aliphatic heterocycles. The number of rotatable bonds is 2. The molecular formula is C10H11N5. The van der Waals surface area contributed by atoms with Crippen LogP contribution in [0.4, 0.5) is 0 Å². The van der Waals surface area contributed by atoms with Gasteiger partial charge in [0.2, 0.25) is 0 Å². The van der Waals surface area contributed by atoms with Gasteiger partial charge in [-0.2, -0.15) is 0 Å². The van der Waals surface area contributed by atoms with Crippen LogP contribution in [-0.2, 0) is 0 Å². The van der Waals surface area contributed by atoms with Gasteiger partial charge in [0.05, 0.1) is 6.20 Å². The smallest absolute Gasteiger partial charge is 0.176 e. The maximum atomic E-state index is 4.30. The first-order valence-electron chi connectivity index (χ1n) is 4.55. The summed E-state index contributed by atoms with van der Waals surface area (Å²) in [6, 6.07) is 1.79. The highest BCUT2D eigenvalue weighted by Gasteiger charge is 1.97. The highest BCUT2D eigenvalue weighted by Crippen LogP contribution is 2.05. The van der Waals surface area contributed by atoms with E-state index < -0.39 is 0 Å². The molecule has 2 aromatic rings. The minimum absolute atomic E-state index is 0.587. The second-order valence-corrected chi connectivity index (χ2v) is 3.31. The third-order valence-electron chi connectivity index (χ3n) is 1.79. The van der Waals surface area contributed by atoms with E-state index in [4.69, 9.17) is 0 Å². The number of pyridine rings is 1. The van der Waals surface area contributed by atoms with Crippen molar-refractivity contribution >= 4 is 17.1 Å². The van der Waals surface area contributed by atoms with Crippen LogP contribution < -0.4 is 0 Å². The SMILES string of the molecule is CN(C)C=Cc1nnc2ccncc2n1. The van der Waals surface area contributed by atoms with E-state index in [1.807, 2.05) is 25.2 Å². The molecule has 0 fully saturated rings. The number of hydrogen-bond donors (Lipinski definition) is 0. The lowest BCUT2D eigenvalue weighted by atomic mass is 10.4. The van der Waals surface area contributed by atoms with Crippen molar-refractivity contribution in [2.45, 2.75) is 0 Å². The predicted molar refractivity (Wildman–Crippen MR) is 57.8 cm³/mol. The molecule has 76 valence electrons. The molecule has 0 unspecified atom stereocenters. The van der Waals surface area contributed by atoms with E-state index in [0.717, 1.165) is 11.0 Å². The van der Waals surface area contributed by atoms with Gasteiger partial charge in [-0.3, -0.25) is 4.98 Å². The third kappa shape index (κ3) is 2.25. The molecule has 2 rings (SSSR count). The summed E-state index contributed by atoms with van der Waals surface area (Å²) < 4.78 is 0. The zero-order chi connectivity index (χ0) is 10.7. The Morgan fingerprint density at radius 3 is 2.87 bits per heavy atom. The molecule has 0 bridgehead atoms. The minimum Gasteiger partial charge on any atom is -0.383 e. The van der Waals surface area contributed by atoms with E-state index >= 15 is 0 Å². The number of fused-ring (bicyclic) bond motifs is 1. The average Bonchev–Trinajstić information content (AvgIpc) is 2.26. The van der Waals surface area contributed by atoms with Gasteiger partial charge in [0, 0.05) is 32.6 Å². The van der Waals surface area contributed by atoms with Crippen LogP contribution in [0.15, 0.2) is 24.7 Å². The van der Waals surface area contributed by atoms with Crippen LogP contribution in [-0.4, -0.2) is 39.2 Å². The number of aromatic nitrogens is 4. The Bertz CT molecular complexity index is 492. The summed E-state index contributed by atoms with van der Waals surface area (Å²) in [5.41, 5.74) is 1.51. The predicted octanol–water partition coefficient (Wildman–Crippen LogP) is 0.952. The largest absolute Gasteiger partial charge is 0.383 e. The summed E-state index contributed by atoms with van der Waals surface area (Å²) in [5.74, 6) is 0.587. The normalized spacial score (nSPS) is 11.1. The van der Waals surface area contributed by atoms with Crippen LogP contribution >= 0.6 is 0 Å². The van der Waals surface area contributed by atoms with Gasteiger partial charge in [0.15, 0.2) is 5.82 Å². The molecule has 0 aliphatic carbocycles. The van der Waals surface area contributed by atoms with Crippen LogP contribution in [0.5, 0.6) is 0 Å². The van der Waals surface area contributed by atoms with Gasteiger partial charge in [0.1, 0.15) is 11.0 Å². The molecule has 15 heavy (non-hydrogen) atoms. The molecule has 0 spiro atoms. The van der Waals surface area contributed by atoms with Crippen molar-refractivity contribution < 1.29 is 0 Å². The van der Waals surface area contributed by atoms with Gasteiger partial charge in [-0.15, -0.1) is 10.2 Å². The Morgan fingerprint density at radius 2 is 2.07 bits per heavy atom. The molecule has 0 amide bonds. The lowest BCUT2D eigenvalue weighted by Crippen LogP contribution is -2.01. The Balaban J connectivity index is 2.39. The molecule has 0 aliphatic rings. The second-order valence-electron chi connectivity index (χ2n) is 3.31. The first-order chi connectivity index (χ1) is 7.25. The molecule has 2 aromatic heterocycles. The molecule has 0 saturated carbocycles. The maximum Gasteiger partial charge on any atom is 0.176 e. The molecule has 0 saturated heterocycles. The van der Waals surface area contributed by atoms with Gasteiger partial charge in [-0.1, -0.05) is 0 Å². The third-order valence-corrected chi connectivity index (χ3v) is 1.79. The van der Waals surface area contributed by atoms with Crippen LogP contribution in [0.2, 0.25) is 0 Å². The van der Waals surface area contributed by atoms with Gasteiger partial charge in [-0.05, 0) is 6.07 Å². The van der Waals surface area contributed by atoms with E-state index in [-0.39, 0.29) is 0 Å². The number of hydrogen-bond acceptors (Lipinski definition) is 5. The Hall–Kier alpha value is -2.04. The van der Waals surface area contributed by atoms with Gasteiger partial charge < -0.3 is 4.90 Å². The highest BCUT2D eigenvalue weighted by atomic mass is 15.2. The van der Waals surface area contributed by atoms with Crippen molar-refractivity contribution in [3.05, 3.63) is 30.5 Å². The quantitative estimate of drug-likeness (QED) is 0.724. The molecule has 0 atom stereocenters. The van der Waals surface area contributed by atoms with Gasteiger partial charge >= 0.3 is 0 Å².